The average molecular weight is 301 g/mol. The van der Waals surface area contributed by atoms with E-state index in [1.807, 2.05) is 41.7 Å². The van der Waals surface area contributed by atoms with Gasteiger partial charge in [-0.15, -0.1) is 0 Å². The van der Waals surface area contributed by atoms with Crippen molar-refractivity contribution < 1.29 is 9.90 Å². The molecular formula is C10H8INO2. The summed E-state index contributed by atoms with van der Waals surface area (Å²) < 4.78 is 0.696. The van der Waals surface area contributed by atoms with E-state index in [-0.39, 0.29) is 11.1 Å². The maximum atomic E-state index is 10.8. The minimum Gasteiger partial charge on any atom is -0.478 e. The summed E-state index contributed by atoms with van der Waals surface area (Å²) in [6.07, 6.45) is 0.766. The molecule has 0 aliphatic rings. The van der Waals surface area contributed by atoms with E-state index in [4.69, 9.17) is 10.4 Å². The van der Waals surface area contributed by atoms with Crippen LogP contribution in [0.4, 0.5) is 0 Å². The van der Waals surface area contributed by atoms with Crippen LogP contribution in [0.2, 0.25) is 0 Å². The van der Waals surface area contributed by atoms with Crippen molar-refractivity contribution in [3.63, 3.8) is 0 Å². The summed E-state index contributed by atoms with van der Waals surface area (Å²) in [5.74, 6) is -1.05. The molecule has 0 saturated carbocycles. The van der Waals surface area contributed by atoms with Crippen molar-refractivity contribution in [1.29, 1.82) is 5.26 Å². The van der Waals surface area contributed by atoms with Crippen molar-refractivity contribution in [1.82, 2.24) is 0 Å². The molecule has 0 atom stereocenters. The van der Waals surface area contributed by atoms with Crippen LogP contribution in [-0.4, -0.2) is 11.1 Å². The number of carboxylic acid groups (broad SMARTS) is 1. The van der Waals surface area contributed by atoms with Crippen LogP contribution in [0.25, 0.3) is 0 Å². The molecule has 0 aliphatic carbocycles. The van der Waals surface area contributed by atoms with Gasteiger partial charge in [-0.2, -0.15) is 5.26 Å². The predicted octanol–water partition coefficient (Wildman–Crippen LogP) is 2.42. The Balaban J connectivity index is 3.45. The molecule has 1 N–H and O–H groups in total. The number of hydrogen-bond acceptors (Lipinski definition) is 2. The maximum absolute atomic E-state index is 10.8. The van der Waals surface area contributed by atoms with Gasteiger partial charge in [-0.25, -0.2) is 4.79 Å². The molecule has 0 unspecified atom stereocenters. The molecule has 0 spiro atoms. The topological polar surface area (TPSA) is 61.1 Å². The lowest BCUT2D eigenvalue weighted by Crippen LogP contribution is -2.03. The quantitative estimate of drug-likeness (QED) is 0.853. The van der Waals surface area contributed by atoms with E-state index in [0.29, 0.717) is 3.57 Å². The van der Waals surface area contributed by atoms with Crippen LogP contribution in [0.15, 0.2) is 12.1 Å². The van der Waals surface area contributed by atoms with Crippen molar-refractivity contribution in [3.8, 4) is 6.07 Å². The summed E-state index contributed by atoms with van der Waals surface area (Å²) in [5, 5.41) is 17.7. The summed E-state index contributed by atoms with van der Waals surface area (Å²) in [7, 11) is 0. The third-order valence-corrected chi connectivity index (χ3v) is 2.75. The van der Waals surface area contributed by atoms with Crippen LogP contribution in [0.1, 0.15) is 28.4 Å². The summed E-state index contributed by atoms with van der Waals surface area (Å²) in [4.78, 5) is 10.8. The first kappa shape index (κ1) is 11.0. The van der Waals surface area contributed by atoms with E-state index in [1.54, 1.807) is 6.07 Å². The lowest BCUT2D eigenvalue weighted by atomic mass is 10.0. The lowest BCUT2D eigenvalue weighted by molar-refractivity contribution is 0.0696. The second kappa shape index (κ2) is 4.42. The number of carbonyl (C=O) groups is 1. The first-order chi connectivity index (χ1) is 6.60. The molecule has 1 aromatic carbocycles. The van der Waals surface area contributed by atoms with Crippen molar-refractivity contribution in [3.05, 3.63) is 32.4 Å². The van der Waals surface area contributed by atoms with Crippen LogP contribution < -0.4 is 0 Å². The van der Waals surface area contributed by atoms with Gasteiger partial charge in [0, 0.05) is 3.57 Å². The van der Waals surface area contributed by atoms with Gasteiger partial charge < -0.3 is 5.11 Å². The van der Waals surface area contributed by atoms with Crippen molar-refractivity contribution in [2.24, 2.45) is 0 Å². The van der Waals surface area contributed by atoms with E-state index in [2.05, 4.69) is 0 Å². The fraction of sp³-hybridized carbons (Fsp3) is 0.200. The molecule has 0 aliphatic heterocycles. The van der Waals surface area contributed by atoms with Gasteiger partial charge in [0.15, 0.2) is 0 Å². The summed E-state index contributed by atoms with van der Waals surface area (Å²) in [5.41, 5.74) is 1.28. The standard InChI is InChI=1S/C10H8INO2/c1-2-6-3-7(10(13)14)8(5-12)9(11)4-6/h3-4H,2H2,1H3,(H,13,14). The van der Waals surface area contributed by atoms with Crippen LogP contribution in [0.5, 0.6) is 0 Å². The molecule has 1 rings (SSSR count). The van der Waals surface area contributed by atoms with Gasteiger partial charge >= 0.3 is 5.97 Å². The molecule has 4 heteroatoms. The SMILES string of the molecule is CCc1cc(I)c(C#N)c(C(=O)O)c1. The molecule has 3 nitrogen and oxygen atoms in total. The smallest absolute Gasteiger partial charge is 0.337 e. The zero-order valence-corrected chi connectivity index (χ0v) is 9.70. The second-order valence-electron chi connectivity index (χ2n) is 2.77. The number of aromatic carboxylic acids is 1. The van der Waals surface area contributed by atoms with Gasteiger partial charge in [0.05, 0.1) is 11.1 Å². The van der Waals surface area contributed by atoms with Crippen LogP contribution in [0.3, 0.4) is 0 Å². The Morgan fingerprint density at radius 3 is 2.71 bits per heavy atom. The van der Waals surface area contributed by atoms with Crippen molar-refractivity contribution in [2.75, 3.05) is 0 Å². The highest BCUT2D eigenvalue weighted by atomic mass is 127. The molecule has 0 aromatic heterocycles. The number of halogens is 1. The average Bonchev–Trinajstić information content (AvgIpc) is 2.16. The van der Waals surface area contributed by atoms with Crippen molar-refractivity contribution >= 4 is 28.6 Å². The molecule has 14 heavy (non-hydrogen) atoms. The number of carboxylic acids is 1. The number of nitriles is 1. The molecule has 0 saturated heterocycles. The first-order valence-electron chi connectivity index (χ1n) is 4.06. The Labute approximate surface area is 95.5 Å². The van der Waals surface area contributed by atoms with E-state index >= 15 is 0 Å². The highest BCUT2D eigenvalue weighted by molar-refractivity contribution is 14.1. The Kier molecular flexibility index (Phi) is 3.47. The first-order valence-corrected chi connectivity index (χ1v) is 5.13. The number of nitrogens with zero attached hydrogens (tertiary/aromatic N) is 1. The number of aryl methyl sites for hydroxylation is 1. The highest BCUT2D eigenvalue weighted by Crippen LogP contribution is 2.19. The Bertz CT molecular complexity index is 421. The second-order valence-corrected chi connectivity index (χ2v) is 3.93. The summed E-state index contributed by atoms with van der Waals surface area (Å²) in [6.45, 7) is 1.95. The zero-order valence-electron chi connectivity index (χ0n) is 7.54. The highest BCUT2D eigenvalue weighted by Gasteiger charge is 2.13. The minimum atomic E-state index is -1.05. The van der Waals surface area contributed by atoms with Crippen molar-refractivity contribution in [2.45, 2.75) is 13.3 Å². The van der Waals surface area contributed by atoms with Gasteiger partial charge in [0.2, 0.25) is 0 Å². The molecule has 0 bridgehead atoms. The fourth-order valence-electron chi connectivity index (χ4n) is 1.15. The Morgan fingerprint density at radius 2 is 2.29 bits per heavy atom. The Hall–Kier alpha value is -1.09. The molecule has 0 heterocycles. The Morgan fingerprint density at radius 1 is 1.64 bits per heavy atom. The van der Waals surface area contributed by atoms with E-state index in [9.17, 15) is 4.79 Å². The van der Waals surface area contributed by atoms with Crippen LogP contribution in [0, 0.1) is 14.9 Å². The molecular weight excluding hydrogens is 293 g/mol. The number of benzene rings is 1. The summed E-state index contributed by atoms with van der Waals surface area (Å²) in [6, 6.07) is 5.31. The minimum absolute atomic E-state index is 0.0938. The third-order valence-electron chi connectivity index (χ3n) is 1.90. The molecule has 0 amide bonds. The number of hydrogen-bond donors (Lipinski definition) is 1. The predicted molar refractivity (Wildman–Crippen MR) is 60.2 cm³/mol. The third kappa shape index (κ3) is 2.04. The van der Waals surface area contributed by atoms with Crippen LogP contribution >= 0.6 is 22.6 Å². The van der Waals surface area contributed by atoms with Gasteiger partial charge in [0.1, 0.15) is 6.07 Å². The zero-order chi connectivity index (χ0) is 10.7. The monoisotopic (exact) mass is 301 g/mol. The fourth-order valence-corrected chi connectivity index (χ4v) is 1.96. The van der Waals surface area contributed by atoms with Gasteiger partial charge in [-0.05, 0) is 46.7 Å². The molecule has 72 valence electrons. The van der Waals surface area contributed by atoms with E-state index in [1.165, 1.54) is 0 Å². The van der Waals surface area contributed by atoms with E-state index < -0.39 is 5.97 Å². The van der Waals surface area contributed by atoms with Gasteiger partial charge in [0.25, 0.3) is 0 Å². The maximum Gasteiger partial charge on any atom is 0.337 e. The van der Waals surface area contributed by atoms with E-state index in [0.717, 1.165) is 12.0 Å². The largest absolute Gasteiger partial charge is 0.478 e. The summed E-state index contributed by atoms with van der Waals surface area (Å²) >= 11 is 1.98. The van der Waals surface area contributed by atoms with Crippen LogP contribution in [-0.2, 0) is 6.42 Å². The molecule has 1 aromatic rings. The van der Waals surface area contributed by atoms with Gasteiger partial charge in [-0.1, -0.05) is 6.92 Å². The number of rotatable bonds is 2. The van der Waals surface area contributed by atoms with Gasteiger partial charge in [-0.3, -0.25) is 0 Å². The normalized spacial score (nSPS) is 9.50. The molecule has 0 fully saturated rings. The lowest BCUT2D eigenvalue weighted by Gasteiger charge is -2.04. The molecule has 0 radical (unpaired) electrons.